The van der Waals surface area contributed by atoms with Gasteiger partial charge in [-0.1, -0.05) is 30.5 Å². The van der Waals surface area contributed by atoms with Crippen LogP contribution in [0.15, 0.2) is 48.5 Å². The van der Waals surface area contributed by atoms with Gasteiger partial charge in [-0.25, -0.2) is 14.8 Å². The molecule has 3 aromatic rings. The van der Waals surface area contributed by atoms with Crippen molar-refractivity contribution in [1.29, 1.82) is 0 Å². The molecule has 13 heteroatoms. The van der Waals surface area contributed by atoms with Crippen molar-refractivity contribution in [2.24, 2.45) is 11.8 Å². The molecule has 0 spiro atoms. The van der Waals surface area contributed by atoms with E-state index in [1.165, 1.54) is 6.07 Å². The summed E-state index contributed by atoms with van der Waals surface area (Å²) in [5, 5.41) is 23.4. The lowest BCUT2D eigenvalue weighted by Gasteiger charge is -2.27. The highest BCUT2D eigenvalue weighted by atomic mass is 35.5. The molecule has 41 heavy (non-hydrogen) atoms. The van der Waals surface area contributed by atoms with Crippen LogP contribution in [0.3, 0.4) is 0 Å². The van der Waals surface area contributed by atoms with Gasteiger partial charge in [0.05, 0.1) is 33.7 Å². The molecule has 1 saturated carbocycles. The number of benzene rings is 2. The van der Waals surface area contributed by atoms with Gasteiger partial charge in [0.15, 0.2) is 0 Å². The van der Waals surface area contributed by atoms with E-state index in [9.17, 15) is 32.7 Å². The van der Waals surface area contributed by atoms with Crippen LogP contribution in [0.25, 0.3) is 0 Å². The number of carbonyl (C=O) groups excluding carboxylic acids is 1. The molecule has 0 saturated heterocycles. The van der Waals surface area contributed by atoms with Crippen LogP contribution in [-0.4, -0.2) is 38.0 Å². The third-order valence-corrected chi connectivity index (χ3v) is 6.65. The third kappa shape index (κ3) is 8.90. The normalized spacial score (nSPS) is 16.6. The molecule has 1 heterocycles. The van der Waals surface area contributed by atoms with Crippen molar-refractivity contribution in [2.45, 2.75) is 45.7 Å². The molecule has 2 atom stereocenters. The quantitative estimate of drug-likeness (QED) is 0.247. The number of alkyl halides is 3. The Kier molecular flexibility index (Phi) is 10.3. The molecule has 1 aliphatic carbocycles. The zero-order chi connectivity index (χ0) is 30.3. The summed E-state index contributed by atoms with van der Waals surface area (Å²) in [6.45, 7) is 3.76. The molecule has 2 aromatic carbocycles. The maximum atomic E-state index is 12.7. The maximum Gasteiger partial charge on any atom is 0.416 e. The van der Waals surface area contributed by atoms with Crippen LogP contribution in [-0.2, 0) is 15.8 Å². The van der Waals surface area contributed by atoms with Gasteiger partial charge in [0.1, 0.15) is 0 Å². The van der Waals surface area contributed by atoms with E-state index in [-0.39, 0.29) is 16.3 Å². The van der Waals surface area contributed by atoms with Gasteiger partial charge in [0.2, 0.25) is 11.9 Å². The largest absolute Gasteiger partial charge is 0.481 e. The molecule has 4 rings (SSSR count). The van der Waals surface area contributed by atoms with Gasteiger partial charge in [-0.05, 0) is 69.2 Å². The van der Waals surface area contributed by atoms with Gasteiger partial charge < -0.3 is 20.8 Å². The molecule has 1 aliphatic rings. The van der Waals surface area contributed by atoms with Crippen molar-refractivity contribution in [2.75, 3.05) is 10.6 Å². The Bertz CT molecular complexity index is 1410. The number of nitrogens with zero attached hydrogens (tertiary/aromatic N) is 2. The molecule has 0 aliphatic heterocycles. The lowest BCUT2D eigenvalue weighted by molar-refractivity contribution is -0.147. The predicted molar refractivity (Wildman–Crippen MR) is 146 cm³/mol. The summed E-state index contributed by atoms with van der Waals surface area (Å²) in [6, 6.07) is 11.0. The van der Waals surface area contributed by atoms with E-state index >= 15 is 0 Å². The average molecular weight is 593 g/mol. The Morgan fingerprint density at radius 2 is 1.56 bits per heavy atom. The smallest absolute Gasteiger partial charge is 0.416 e. The molecule has 218 valence electrons. The van der Waals surface area contributed by atoms with Crippen LogP contribution in [0.1, 0.15) is 53.0 Å². The van der Waals surface area contributed by atoms with E-state index in [0.29, 0.717) is 37.3 Å². The highest BCUT2D eigenvalue weighted by molar-refractivity contribution is 6.33. The summed E-state index contributed by atoms with van der Waals surface area (Å²) in [4.78, 5) is 42.8. The number of aliphatic carboxylic acids is 1. The van der Waals surface area contributed by atoms with Gasteiger partial charge in [0, 0.05) is 17.1 Å². The topological polar surface area (TPSA) is 142 Å². The Morgan fingerprint density at radius 3 is 2.15 bits per heavy atom. The van der Waals surface area contributed by atoms with Crippen molar-refractivity contribution in [3.8, 4) is 0 Å². The maximum absolute atomic E-state index is 12.7. The first-order chi connectivity index (χ1) is 19.2. The first-order valence-corrected chi connectivity index (χ1v) is 13.0. The summed E-state index contributed by atoms with van der Waals surface area (Å²) in [7, 11) is 0. The Balaban J connectivity index is 0.000000232. The summed E-state index contributed by atoms with van der Waals surface area (Å²) in [5.74, 6) is -3.77. The zero-order valence-electron chi connectivity index (χ0n) is 22.1. The minimum Gasteiger partial charge on any atom is -0.481 e. The van der Waals surface area contributed by atoms with Crippen LogP contribution in [0.4, 0.5) is 30.5 Å². The van der Waals surface area contributed by atoms with Crippen LogP contribution < -0.4 is 10.6 Å². The van der Waals surface area contributed by atoms with E-state index in [1.54, 1.807) is 18.2 Å². The molecule has 9 nitrogen and oxygen atoms in total. The van der Waals surface area contributed by atoms with E-state index in [2.05, 4.69) is 20.6 Å². The monoisotopic (exact) mass is 592 g/mol. The van der Waals surface area contributed by atoms with Gasteiger partial charge in [-0.2, -0.15) is 13.2 Å². The van der Waals surface area contributed by atoms with E-state index < -0.39 is 41.4 Å². The second-order valence-corrected chi connectivity index (χ2v) is 9.91. The summed E-state index contributed by atoms with van der Waals surface area (Å²) in [5.41, 5.74) is 1.50. The molecule has 4 N–H and O–H groups in total. The molecule has 1 aromatic heterocycles. The van der Waals surface area contributed by atoms with Crippen molar-refractivity contribution in [3.05, 3.63) is 76.1 Å². The third-order valence-electron chi connectivity index (χ3n) is 6.32. The molecule has 1 amide bonds. The first-order valence-electron chi connectivity index (χ1n) is 12.6. The second-order valence-electron chi connectivity index (χ2n) is 9.50. The highest BCUT2D eigenvalue weighted by Crippen LogP contribution is 2.35. The molecule has 1 fully saturated rings. The summed E-state index contributed by atoms with van der Waals surface area (Å²) < 4.78 is 38.2. The van der Waals surface area contributed by atoms with Crippen LogP contribution in [0.5, 0.6) is 0 Å². The number of nitrogens with one attached hydrogen (secondary N) is 2. The van der Waals surface area contributed by atoms with Crippen LogP contribution >= 0.6 is 11.6 Å². The van der Waals surface area contributed by atoms with Gasteiger partial charge in [-0.3, -0.25) is 9.59 Å². The standard InChI is InChI=1S/C15H15ClF3NO3.C13H13N3O2/c16-11-6-5-8(15(17,18)19)7-12(11)20-13(21)9-3-1-2-4-10(9)14(22)23;1-8-6-9(2)15-13(14-8)16-11-5-3-4-10(7-11)12(17)18/h5-7,9-10H,1-4H2,(H,20,21)(H,22,23);3-7H,1-2H3,(H,17,18)(H,14,15,16). The fourth-order valence-electron chi connectivity index (χ4n) is 4.40. The van der Waals surface area contributed by atoms with Crippen molar-refractivity contribution >= 4 is 46.8 Å². The molecule has 0 bridgehead atoms. The number of aromatic nitrogens is 2. The lowest BCUT2D eigenvalue weighted by Crippen LogP contribution is -2.36. The van der Waals surface area contributed by atoms with E-state index in [4.69, 9.17) is 16.7 Å². The number of aryl methyl sites for hydroxylation is 2. The van der Waals surface area contributed by atoms with Crippen molar-refractivity contribution < 1.29 is 37.8 Å². The number of carbonyl (C=O) groups is 3. The van der Waals surface area contributed by atoms with Gasteiger partial charge in [-0.15, -0.1) is 0 Å². The van der Waals surface area contributed by atoms with E-state index in [1.807, 2.05) is 19.9 Å². The summed E-state index contributed by atoms with van der Waals surface area (Å²) in [6.07, 6.45) is -2.37. The minimum absolute atomic E-state index is 0.0333. The van der Waals surface area contributed by atoms with Crippen LogP contribution in [0.2, 0.25) is 5.02 Å². The Hall–Kier alpha value is -4.19. The number of rotatable bonds is 6. The SMILES string of the molecule is Cc1cc(C)nc(Nc2cccc(C(=O)O)c2)n1.O=C(O)C1CCCCC1C(=O)Nc1cc(C(F)(F)F)ccc1Cl. The number of hydrogen-bond acceptors (Lipinski definition) is 6. The number of anilines is 3. The summed E-state index contributed by atoms with van der Waals surface area (Å²) >= 11 is 5.83. The number of amides is 1. The van der Waals surface area contributed by atoms with Crippen molar-refractivity contribution in [3.63, 3.8) is 0 Å². The minimum atomic E-state index is -4.56. The fraction of sp³-hybridized carbons (Fsp3) is 0.321. The Morgan fingerprint density at radius 1 is 0.927 bits per heavy atom. The number of halogens is 4. The first kappa shape index (κ1) is 31.3. The van der Waals surface area contributed by atoms with Gasteiger partial charge >= 0.3 is 18.1 Å². The molecular formula is C28H28ClF3N4O5. The zero-order valence-corrected chi connectivity index (χ0v) is 22.9. The number of hydrogen-bond donors (Lipinski definition) is 4. The molecule has 0 radical (unpaired) electrons. The lowest BCUT2D eigenvalue weighted by atomic mass is 9.78. The molecule has 2 unspecified atom stereocenters. The predicted octanol–water partition coefficient (Wildman–Crippen LogP) is 6.72. The van der Waals surface area contributed by atoms with Crippen molar-refractivity contribution in [1.82, 2.24) is 9.97 Å². The Labute approximate surface area is 238 Å². The number of carboxylic acid groups (broad SMARTS) is 2. The fourth-order valence-corrected chi connectivity index (χ4v) is 4.57. The van der Waals surface area contributed by atoms with E-state index in [0.717, 1.165) is 29.6 Å². The second kappa shape index (κ2) is 13.4. The highest BCUT2D eigenvalue weighted by Gasteiger charge is 2.36. The van der Waals surface area contributed by atoms with Crippen LogP contribution in [0, 0.1) is 25.7 Å². The average Bonchev–Trinajstić information content (AvgIpc) is 2.89. The molecular weight excluding hydrogens is 565 g/mol. The number of aromatic carboxylic acids is 1. The number of carboxylic acids is 2. The van der Waals surface area contributed by atoms with Gasteiger partial charge in [0.25, 0.3) is 0 Å².